The summed E-state index contributed by atoms with van der Waals surface area (Å²) in [6.07, 6.45) is 3.72. The molecule has 140 valence electrons. The number of nitrogens with zero attached hydrogens (tertiary/aromatic N) is 6. The normalized spacial score (nSPS) is 11.4. The van der Waals surface area contributed by atoms with Gasteiger partial charge in [-0.15, -0.1) is 10.2 Å². The van der Waals surface area contributed by atoms with E-state index in [1.807, 2.05) is 55.4 Å². The van der Waals surface area contributed by atoms with Crippen LogP contribution in [-0.2, 0) is 0 Å². The Balaban J connectivity index is 1.59. The maximum atomic E-state index is 10.7. The molecule has 2 heterocycles. The highest BCUT2D eigenvalue weighted by Gasteiger charge is 2.12. The van der Waals surface area contributed by atoms with Crippen molar-refractivity contribution in [3.63, 3.8) is 0 Å². The van der Waals surface area contributed by atoms with Crippen LogP contribution in [0.5, 0.6) is 0 Å². The Bertz CT molecular complexity index is 1160. The molecule has 0 aliphatic heterocycles. The Labute approximate surface area is 164 Å². The van der Waals surface area contributed by atoms with Gasteiger partial charge in [-0.3, -0.25) is 10.1 Å². The lowest BCUT2D eigenvalue weighted by Crippen LogP contribution is -2.08. The maximum Gasteiger partial charge on any atom is 0.269 e. The van der Waals surface area contributed by atoms with E-state index in [1.54, 1.807) is 16.6 Å². The summed E-state index contributed by atoms with van der Waals surface area (Å²) < 4.78 is 1.73. The lowest BCUT2D eigenvalue weighted by molar-refractivity contribution is -0.384. The molecule has 0 aliphatic rings. The van der Waals surface area contributed by atoms with Gasteiger partial charge in [-0.2, -0.15) is 9.61 Å². The minimum atomic E-state index is -0.414. The first-order chi connectivity index (χ1) is 13.5. The molecule has 0 bridgehead atoms. The molecule has 0 saturated carbocycles. The molecule has 0 amide bonds. The molecule has 0 fully saturated rings. The number of nitro groups is 1. The molecule has 2 aromatic heterocycles. The lowest BCUT2D eigenvalue weighted by atomic mass is 10.2. The van der Waals surface area contributed by atoms with E-state index in [1.165, 1.54) is 23.5 Å². The Hall–Kier alpha value is -3.59. The summed E-state index contributed by atoms with van der Waals surface area (Å²) in [5.41, 5.74) is 2.97. The summed E-state index contributed by atoms with van der Waals surface area (Å²) in [7, 11) is 3.99. The Morgan fingerprint density at radius 3 is 2.39 bits per heavy atom. The minimum Gasteiger partial charge on any atom is -0.378 e. The van der Waals surface area contributed by atoms with E-state index < -0.39 is 4.92 Å². The van der Waals surface area contributed by atoms with E-state index in [2.05, 4.69) is 15.3 Å². The molecule has 0 spiro atoms. The average molecular weight is 392 g/mol. The second-order valence-electron chi connectivity index (χ2n) is 6.28. The molecule has 8 nitrogen and oxygen atoms in total. The second-order valence-corrected chi connectivity index (χ2v) is 7.27. The summed E-state index contributed by atoms with van der Waals surface area (Å²) in [5, 5.41) is 24.5. The number of non-ortho nitro benzene ring substituents is 1. The van der Waals surface area contributed by atoms with E-state index >= 15 is 0 Å². The van der Waals surface area contributed by atoms with Crippen LogP contribution in [-0.4, -0.2) is 38.8 Å². The van der Waals surface area contributed by atoms with Crippen molar-refractivity contribution < 1.29 is 4.92 Å². The van der Waals surface area contributed by atoms with E-state index in [-0.39, 0.29) is 5.69 Å². The van der Waals surface area contributed by atoms with Crippen LogP contribution in [0.4, 0.5) is 11.4 Å². The van der Waals surface area contributed by atoms with Crippen LogP contribution in [0.1, 0.15) is 10.6 Å². The SMILES string of the molecule is CN(C)c1ccc(-c2nnc3sc(C=Cc4ccc([N+](=O)[O-])cc4)nn23)cc1. The number of hydrogen-bond acceptors (Lipinski definition) is 7. The molecular weight excluding hydrogens is 376 g/mol. The number of nitro benzene ring substituents is 1. The highest BCUT2D eigenvalue weighted by Crippen LogP contribution is 2.24. The van der Waals surface area contributed by atoms with Gasteiger partial charge in [0.25, 0.3) is 5.69 Å². The van der Waals surface area contributed by atoms with Crippen LogP contribution >= 0.6 is 11.3 Å². The topological polar surface area (TPSA) is 89.5 Å². The molecule has 4 aromatic rings. The molecule has 9 heteroatoms. The van der Waals surface area contributed by atoms with Crippen LogP contribution in [0.15, 0.2) is 48.5 Å². The van der Waals surface area contributed by atoms with Crippen molar-refractivity contribution in [3.05, 3.63) is 69.2 Å². The van der Waals surface area contributed by atoms with Gasteiger partial charge in [0.05, 0.1) is 4.92 Å². The molecule has 4 rings (SSSR count). The summed E-state index contributed by atoms with van der Waals surface area (Å²) in [6, 6.07) is 14.4. The van der Waals surface area contributed by atoms with Crippen LogP contribution < -0.4 is 4.90 Å². The van der Waals surface area contributed by atoms with Gasteiger partial charge in [-0.1, -0.05) is 17.4 Å². The van der Waals surface area contributed by atoms with E-state index in [0.717, 1.165) is 21.8 Å². The van der Waals surface area contributed by atoms with Crippen molar-refractivity contribution in [2.75, 3.05) is 19.0 Å². The fourth-order valence-electron chi connectivity index (χ4n) is 2.66. The van der Waals surface area contributed by atoms with Crippen molar-refractivity contribution >= 4 is 39.8 Å². The highest BCUT2D eigenvalue weighted by molar-refractivity contribution is 7.17. The number of anilines is 1. The summed E-state index contributed by atoms with van der Waals surface area (Å²) in [6.45, 7) is 0. The quantitative estimate of drug-likeness (QED) is 0.377. The van der Waals surface area contributed by atoms with Crippen molar-refractivity contribution in [2.24, 2.45) is 0 Å². The van der Waals surface area contributed by atoms with Crippen molar-refractivity contribution in [2.45, 2.75) is 0 Å². The third kappa shape index (κ3) is 3.47. The number of benzene rings is 2. The summed E-state index contributed by atoms with van der Waals surface area (Å²) in [4.78, 5) is 13.0. The molecule has 0 atom stereocenters. The zero-order valence-corrected chi connectivity index (χ0v) is 16.0. The number of fused-ring (bicyclic) bond motifs is 1. The molecule has 0 saturated heterocycles. The van der Waals surface area contributed by atoms with Gasteiger partial charge >= 0.3 is 0 Å². The molecule has 0 N–H and O–H groups in total. The second kappa shape index (κ2) is 7.20. The Kier molecular flexibility index (Phi) is 4.58. The molecule has 2 aromatic carbocycles. The van der Waals surface area contributed by atoms with Crippen LogP contribution in [0.2, 0.25) is 0 Å². The van der Waals surface area contributed by atoms with E-state index in [9.17, 15) is 10.1 Å². The van der Waals surface area contributed by atoms with Crippen LogP contribution in [0.3, 0.4) is 0 Å². The van der Waals surface area contributed by atoms with Crippen molar-refractivity contribution in [1.82, 2.24) is 19.8 Å². The lowest BCUT2D eigenvalue weighted by Gasteiger charge is -2.11. The number of aromatic nitrogens is 4. The standard InChI is InChI=1S/C19H16N6O2S/c1-23(2)15-10-6-14(7-11-15)18-20-21-19-24(18)22-17(28-19)12-5-13-3-8-16(9-4-13)25(26)27/h3-12H,1-2H3. The van der Waals surface area contributed by atoms with Gasteiger partial charge < -0.3 is 4.90 Å². The van der Waals surface area contributed by atoms with Gasteiger partial charge in [0.2, 0.25) is 4.96 Å². The predicted molar refractivity (Wildman–Crippen MR) is 110 cm³/mol. The molecule has 0 radical (unpaired) electrons. The smallest absolute Gasteiger partial charge is 0.269 e. The molecular formula is C19H16N6O2S. The third-order valence-corrected chi connectivity index (χ3v) is 5.03. The zero-order chi connectivity index (χ0) is 19.7. The first kappa shape index (κ1) is 17.8. The zero-order valence-electron chi connectivity index (χ0n) is 15.2. The average Bonchev–Trinajstić information content (AvgIpc) is 3.27. The number of hydrogen-bond donors (Lipinski definition) is 0. The van der Waals surface area contributed by atoms with Gasteiger partial charge in [-0.25, -0.2) is 0 Å². The van der Waals surface area contributed by atoms with E-state index in [4.69, 9.17) is 0 Å². The van der Waals surface area contributed by atoms with E-state index in [0.29, 0.717) is 10.8 Å². The van der Waals surface area contributed by atoms with Gasteiger partial charge in [-0.05, 0) is 48.0 Å². The van der Waals surface area contributed by atoms with Gasteiger partial charge in [0, 0.05) is 37.5 Å². The Morgan fingerprint density at radius 1 is 1.04 bits per heavy atom. The van der Waals surface area contributed by atoms with Gasteiger partial charge in [0.1, 0.15) is 5.01 Å². The minimum absolute atomic E-state index is 0.0702. The molecule has 0 aliphatic carbocycles. The Morgan fingerprint density at radius 2 is 1.75 bits per heavy atom. The van der Waals surface area contributed by atoms with Crippen LogP contribution in [0, 0.1) is 10.1 Å². The highest BCUT2D eigenvalue weighted by atomic mass is 32.1. The fourth-order valence-corrected chi connectivity index (χ4v) is 3.40. The van der Waals surface area contributed by atoms with Crippen molar-refractivity contribution in [1.29, 1.82) is 0 Å². The molecule has 28 heavy (non-hydrogen) atoms. The summed E-state index contributed by atoms with van der Waals surface area (Å²) >= 11 is 1.42. The monoisotopic (exact) mass is 392 g/mol. The van der Waals surface area contributed by atoms with Crippen molar-refractivity contribution in [3.8, 4) is 11.4 Å². The summed E-state index contributed by atoms with van der Waals surface area (Å²) in [5.74, 6) is 0.687. The predicted octanol–water partition coefficient (Wildman–Crippen LogP) is 4.00. The van der Waals surface area contributed by atoms with Crippen LogP contribution in [0.25, 0.3) is 28.5 Å². The largest absolute Gasteiger partial charge is 0.378 e. The van der Waals surface area contributed by atoms with Gasteiger partial charge in [0.15, 0.2) is 5.82 Å². The first-order valence-corrected chi connectivity index (χ1v) is 9.25. The number of rotatable bonds is 5. The first-order valence-electron chi connectivity index (χ1n) is 8.44. The maximum absolute atomic E-state index is 10.7. The fraction of sp³-hybridized carbons (Fsp3) is 0.105. The molecule has 0 unspecified atom stereocenters. The third-order valence-electron chi connectivity index (χ3n) is 4.17.